The standard InChI is InChI=1S/C30H23NO2.CHCl3/c32-28-19-26(22-13-5-2-6-14-22)30(24-16-8-7-15-23(24)28)25-17-9-10-18-27(25)31(29(30)33)20-21-11-3-1-4-12-21;2-1(3)4/h1-18,26H,19-20H2;1H/t26-,30-;/m1./s1. The number of carbonyl (C=O) groups excluding carboxylic acids is 2. The van der Waals surface area contributed by atoms with Gasteiger partial charge in [-0.05, 0) is 28.3 Å². The molecule has 4 aromatic carbocycles. The topological polar surface area (TPSA) is 37.4 Å². The molecular weight excluding hydrogens is 525 g/mol. The van der Waals surface area contributed by atoms with Crippen LogP contribution < -0.4 is 4.90 Å². The predicted molar refractivity (Wildman–Crippen MR) is 151 cm³/mol. The second-order valence-corrected chi connectivity index (χ2v) is 11.1. The average Bonchev–Trinajstić information content (AvgIpc) is 3.15. The van der Waals surface area contributed by atoms with Gasteiger partial charge in [-0.2, -0.15) is 0 Å². The smallest absolute Gasteiger partial charge is 0.243 e. The number of Topliss-reactive ketones (excluding diaryl/α,β-unsaturated/α-hetero) is 1. The molecule has 1 amide bonds. The molecule has 2 aliphatic rings. The highest BCUT2D eigenvalue weighted by Gasteiger charge is 2.60. The van der Waals surface area contributed by atoms with Crippen LogP contribution in [0.5, 0.6) is 0 Å². The number of benzene rings is 4. The van der Waals surface area contributed by atoms with E-state index in [4.69, 9.17) is 34.8 Å². The molecule has 4 aromatic rings. The van der Waals surface area contributed by atoms with Crippen LogP contribution >= 0.6 is 34.8 Å². The lowest BCUT2D eigenvalue weighted by Crippen LogP contribution is -2.49. The maximum Gasteiger partial charge on any atom is 0.243 e. The number of ketones is 1. The number of carbonyl (C=O) groups is 2. The summed E-state index contributed by atoms with van der Waals surface area (Å²) in [4.78, 5) is 29.8. The van der Waals surface area contributed by atoms with E-state index in [2.05, 4.69) is 6.07 Å². The first-order valence-electron chi connectivity index (χ1n) is 12.0. The van der Waals surface area contributed by atoms with Crippen molar-refractivity contribution in [2.45, 2.75) is 28.6 Å². The first kappa shape index (κ1) is 25.5. The van der Waals surface area contributed by atoms with Gasteiger partial charge in [0.05, 0.1) is 6.54 Å². The molecular formula is C31H24Cl3NO2. The number of para-hydroxylation sites is 1. The largest absolute Gasteiger partial charge is 0.307 e. The molecule has 0 N–H and O–H groups in total. The number of amides is 1. The van der Waals surface area contributed by atoms with Gasteiger partial charge in [0.25, 0.3) is 0 Å². The van der Waals surface area contributed by atoms with Crippen molar-refractivity contribution in [3.63, 3.8) is 0 Å². The van der Waals surface area contributed by atoms with Crippen LogP contribution in [0, 0.1) is 0 Å². The summed E-state index contributed by atoms with van der Waals surface area (Å²) < 4.78 is -0.750. The molecule has 1 heterocycles. The second-order valence-electron chi connectivity index (χ2n) is 9.09. The number of nitrogens with zero attached hydrogens (tertiary/aromatic N) is 1. The summed E-state index contributed by atoms with van der Waals surface area (Å²) in [5.74, 6) is -0.131. The van der Waals surface area contributed by atoms with E-state index in [-0.39, 0.29) is 17.6 Å². The van der Waals surface area contributed by atoms with E-state index in [9.17, 15) is 9.59 Å². The molecule has 1 aliphatic heterocycles. The molecule has 0 bridgehead atoms. The maximum atomic E-state index is 14.6. The van der Waals surface area contributed by atoms with Gasteiger partial charge in [0.1, 0.15) is 5.41 Å². The van der Waals surface area contributed by atoms with Crippen molar-refractivity contribution in [1.82, 2.24) is 0 Å². The third-order valence-corrected chi connectivity index (χ3v) is 7.15. The van der Waals surface area contributed by atoms with Gasteiger partial charge in [-0.25, -0.2) is 0 Å². The Bertz CT molecular complexity index is 1420. The van der Waals surface area contributed by atoms with Crippen LogP contribution in [-0.4, -0.2) is 16.0 Å². The van der Waals surface area contributed by atoms with Crippen molar-refractivity contribution in [3.05, 3.63) is 137 Å². The van der Waals surface area contributed by atoms with Crippen LogP contribution in [0.4, 0.5) is 5.69 Å². The SMILES string of the molecule is ClC(Cl)Cl.O=C1C[C@H](c2ccccc2)[C@@]2(C(=O)N(Cc3ccccc3)c3ccccc32)c2ccccc21. The van der Waals surface area contributed by atoms with Gasteiger partial charge >= 0.3 is 0 Å². The highest BCUT2D eigenvalue weighted by molar-refractivity contribution is 6.63. The van der Waals surface area contributed by atoms with Gasteiger partial charge in [0, 0.05) is 23.6 Å². The number of rotatable bonds is 3. The Kier molecular flexibility index (Phi) is 7.39. The summed E-state index contributed by atoms with van der Waals surface area (Å²) in [7, 11) is 0. The highest BCUT2D eigenvalue weighted by atomic mass is 35.6. The molecule has 3 nitrogen and oxygen atoms in total. The fourth-order valence-electron chi connectivity index (χ4n) is 5.76. The molecule has 37 heavy (non-hydrogen) atoms. The van der Waals surface area contributed by atoms with Crippen LogP contribution in [0.1, 0.15) is 45.0 Å². The Labute approximate surface area is 231 Å². The Balaban J connectivity index is 0.000000655. The number of alkyl halides is 3. The van der Waals surface area contributed by atoms with Gasteiger partial charge < -0.3 is 4.90 Å². The molecule has 0 radical (unpaired) electrons. The molecule has 0 saturated carbocycles. The van der Waals surface area contributed by atoms with Crippen LogP contribution in [0.3, 0.4) is 0 Å². The monoisotopic (exact) mass is 547 g/mol. The van der Waals surface area contributed by atoms with Crippen molar-refractivity contribution in [3.8, 4) is 0 Å². The zero-order valence-electron chi connectivity index (χ0n) is 19.9. The van der Waals surface area contributed by atoms with Crippen LogP contribution in [0.25, 0.3) is 0 Å². The van der Waals surface area contributed by atoms with E-state index in [0.29, 0.717) is 18.5 Å². The first-order valence-corrected chi connectivity index (χ1v) is 13.3. The van der Waals surface area contributed by atoms with Crippen LogP contribution in [0.2, 0.25) is 0 Å². The Morgan fingerprint density at radius 1 is 0.730 bits per heavy atom. The number of hydrogen-bond donors (Lipinski definition) is 0. The number of anilines is 1. The van der Waals surface area contributed by atoms with E-state index in [0.717, 1.165) is 27.9 Å². The minimum atomic E-state index is -0.933. The number of fused-ring (bicyclic) bond motifs is 4. The summed E-state index contributed by atoms with van der Waals surface area (Å²) in [6.45, 7) is 0.496. The van der Waals surface area contributed by atoms with Crippen molar-refractivity contribution in [1.29, 1.82) is 0 Å². The summed E-state index contributed by atoms with van der Waals surface area (Å²) in [5, 5.41) is 0. The number of halogens is 3. The third-order valence-electron chi connectivity index (χ3n) is 7.15. The minimum Gasteiger partial charge on any atom is -0.307 e. The van der Waals surface area contributed by atoms with Gasteiger partial charge in [0.2, 0.25) is 5.91 Å². The summed E-state index contributed by atoms with van der Waals surface area (Å²) >= 11 is 14.4. The van der Waals surface area contributed by atoms with E-state index in [1.54, 1.807) is 0 Å². The molecule has 0 saturated heterocycles. The molecule has 0 fully saturated rings. The van der Waals surface area contributed by atoms with E-state index in [1.807, 2.05) is 108 Å². The van der Waals surface area contributed by atoms with Crippen molar-refractivity contribution < 1.29 is 9.59 Å². The lowest BCUT2D eigenvalue weighted by Gasteiger charge is -2.41. The molecule has 2 atom stereocenters. The fraction of sp³-hybridized carbons (Fsp3) is 0.161. The molecule has 1 spiro atoms. The fourth-order valence-corrected chi connectivity index (χ4v) is 5.76. The lowest BCUT2D eigenvalue weighted by molar-refractivity contribution is -0.122. The van der Waals surface area contributed by atoms with Crippen molar-refractivity contribution in [2.75, 3.05) is 4.90 Å². The summed E-state index contributed by atoms with van der Waals surface area (Å²) in [6.07, 6.45) is 0.306. The highest BCUT2D eigenvalue weighted by Crippen LogP contribution is 2.58. The Hall–Kier alpha value is -3.11. The zero-order chi connectivity index (χ0) is 26.0. The van der Waals surface area contributed by atoms with E-state index < -0.39 is 9.71 Å². The Morgan fingerprint density at radius 3 is 1.95 bits per heavy atom. The van der Waals surface area contributed by atoms with Crippen LogP contribution in [-0.2, 0) is 16.8 Å². The van der Waals surface area contributed by atoms with Gasteiger partial charge in [-0.1, -0.05) is 138 Å². The van der Waals surface area contributed by atoms with Crippen molar-refractivity contribution >= 4 is 52.2 Å². The van der Waals surface area contributed by atoms with Crippen molar-refractivity contribution in [2.24, 2.45) is 0 Å². The zero-order valence-corrected chi connectivity index (χ0v) is 22.1. The quantitative estimate of drug-likeness (QED) is 0.244. The molecule has 1 aliphatic carbocycles. The summed E-state index contributed by atoms with van der Waals surface area (Å²) in [6, 6.07) is 35.9. The maximum absolute atomic E-state index is 14.6. The Morgan fingerprint density at radius 2 is 1.27 bits per heavy atom. The molecule has 186 valence electrons. The van der Waals surface area contributed by atoms with E-state index in [1.165, 1.54) is 0 Å². The number of hydrogen-bond acceptors (Lipinski definition) is 2. The predicted octanol–water partition coefficient (Wildman–Crippen LogP) is 7.88. The van der Waals surface area contributed by atoms with Gasteiger partial charge in [-0.3, -0.25) is 9.59 Å². The molecule has 0 unspecified atom stereocenters. The lowest BCUT2D eigenvalue weighted by atomic mass is 9.58. The van der Waals surface area contributed by atoms with Gasteiger partial charge in [-0.15, -0.1) is 0 Å². The molecule has 6 rings (SSSR count). The normalized spacial score (nSPS) is 19.9. The third kappa shape index (κ3) is 4.57. The molecule has 0 aromatic heterocycles. The second kappa shape index (κ2) is 10.7. The summed E-state index contributed by atoms with van der Waals surface area (Å²) in [5.41, 5.74) is 4.56. The average molecular weight is 549 g/mol. The van der Waals surface area contributed by atoms with Gasteiger partial charge in [0.15, 0.2) is 10.1 Å². The minimum absolute atomic E-state index is 0.0429. The molecule has 6 heteroatoms. The first-order chi connectivity index (χ1) is 17.9. The van der Waals surface area contributed by atoms with E-state index >= 15 is 0 Å². The van der Waals surface area contributed by atoms with Crippen LogP contribution in [0.15, 0.2) is 109 Å².